The van der Waals surface area contributed by atoms with E-state index in [4.69, 9.17) is 4.74 Å². The number of aryl methyl sites for hydroxylation is 1. The number of hydrogen-bond acceptors (Lipinski definition) is 5. The first kappa shape index (κ1) is 21.0. The largest absolute Gasteiger partial charge is 0.495 e. The van der Waals surface area contributed by atoms with Crippen LogP contribution >= 0.6 is 11.3 Å². The number of hydrogen-bond donors (Lipinski definition) is 2. The van der Waals surface area contributed by atoms with Gasteiger partial charge in [-0.1, -0.05) is 42.5 Å². The van der Waals surface area contributed by atoms with E-state index >= 15 is 0 Å². The molecule has 0 saturated heterocycles. The third-order valence-corrected chi connectivity index (χ3v) is 7.14. The Morgan fingerprint density at radius 1 is 1.10 bits per heavy atom. The Kier molecular flexibility index (Phi) is 6.68. The van der Waals surface area contributed by atoms with Gasteiger partial charge in [0.1, 0.15) is 16.0 Å². The highest BCUT2D eigenvalue weighted by Gasteiger charge is 2.27. The van der Waals surface area contributed by atoms with Crippen LogP contribution in [-0.2, 0) is 21.2 Å². The number of sulfonamides is 1. The first-order valence-corrected chi connectivity index (χ1v) is 11.3. The Bertz CT molecular complexity index is 1070. The summed E-state index contributed by atoms with van der Waals surface area (Å²) < 4.78 is 33.5. The van der Waals surface area contributed by atoms with Crippen molar-refractivity contribution in [3.63, 3.8) is 0 Å². The molecule has 1 aromatic heterocycles. The zero-order chi connectivity index (χ0) is 20.9. The molecule has 0 aliphatic heterocycles. The Morgan fingerprint density at radius 2 is 1.86 bits per heavy atom. The fraction of sp³-hybridized carbons (Fsp3) is 0.190. The van der Waals surface area contributed by atoms with Crippen LogP contribution in [0.3, 0.4) is 0 Å². The molecule has 0 bridgehead atoms. The molecule has 0 spiro atoms. The van der Waals surface area contributed by atoms with Gasteiger partial charge in [0.05, 0.1) is 12.8 Å². The highest BCUT2D eigenvalue weighted by atomic mass is 32.2. The molecule has 3 rings (SSSR count). The van der Waals surface area contributed by atoms with Crippen LogP contribution in [0.5, 0.6) is 5.75 Å². The summed E-state index contributed by atoms with van der Waals surface area (Å²) in [5.41, 5.74) is 2.28. The molecule has 3 aromatic rings. The maximum atomic E-state index is 13.1. The molecule has 0 aliphatic carbocycles. The van der Waals surface area contributed by atoms with Gasteiger partial charge in [0, 0.05) is 0 Å². The molecule has 2 aromatic carbocycles. The maximum Gasteiger partial charge on any atom is 0.250 e. The number of thiophene rings is 1. The number of rotatable bonds is 8. The first-order chi connectivity index (χ1) is 13.9. The van der Waals surface area contributed by atoms with Gasteiger partial charge in [-0.2, -0.15) is 4.72 Å². The van der Waals surface area contributed by atoms with Gasteiger partial charge in [-0.3, -0.25) is 4.79 Å². The Morgan fingerprint density at radius 3 is 2.52 bits per heavy atom. The molecular weight excluding hydrogens is 408 g/mol. The normalized spacial score (nSPS) is 12.3. The summed E-state index contributed by atoms with van der Waals surface area (Å²) in [6, 6.07) is 16.9. The molecular formula is C21H22N2O4S2. The summed E-state index contributed by atoms with van der Waals surface area (Å²) >= 11 is 1.10. The average molecular weight is 431 g/mol. The Balaban J connectivity index is 1.88. The zero-order valence-electron chi connectivity index (χ0n) is 16.1. The number of carbonyl (C=O) groups is 1. The third-order valence-electron chi connectivity index (χ3n) is 4.27. The van der Waals surface area contributed by atoms with Crippen molar-refractivity contribution in [2.45, 2.75) is 23.6 Å². The van der Waals surface area contributed by atoms with Crippen LogP contribution in [0.25, 0.3) is 0 Å². The van der Waals surface area contributed by atoms with Gasteiger partial charge in [-0.25, -0.2) is 8.42 Å². The highest BCUT2D eigenvalue weighted by Crippen LogP contribution is 2.26. The lowest BCUT2D eigenvalue weighted by molar-refractivity contribution is -0.117. The minimum Gasteiger partial charge on any atom is -0.495 e. The van der Waals surface area contributed by atoms with Crippen LogP contribution in [0.4, 0.5) is 5.69 Å². The van der Waals surface area contributed by atoms with E-state index in [9.17, 15) is 13.2 Å². The Hall–Kier alpha value is -2.68. The van der Waals surface area contributed by atoms with Crippen molar-refractivity contribution in [2.24, 2.45) is 0 Å². The van der Waals surface area contributed by atoms with Crippen LogP contribution in [-0.4, -0.2) is 27.5 Å². The van der Waals surface area contributed by atoms with Gasteiger partial charge in [0.25, 0.3) is 10.0 Å². The lowest BCUT2D eigenvalue weighted by atomic mass is 10.1. The van der Waals surface area contributed by atoms with E-state index < -0.39 is 22.0 Å². The lowest BCUT2D eigenvalue weighted by Crippen LogP contribution is -2.45. The molecule has 8 heteroatoms. The summed E-state index contributed by atoms with van der Waals surface area (Å²) in [5.74, 6) is 0.0430. The number of amides is 1. The quantitative estimate of drug-likeness (QED) is 0.572. The van der Waals surface area contributed by atoms with Gasteiger partial charge in [0.15, 0.2) is 0 Å². The monoisotopic (exact) mass is 430 g/mol. The van der Waals surface area contributed by atoms with Crippen LogP contribution < -0.4 is 14.8 Å². The number of benzene rings is 2. The first-order valence-electron chi connectivity index (χ1n) is 8.94. The second kappa shape index (κ2) is 9.21. The standard InChI is InChI=1S/C21H22N2O4S2/c1-15-10-11-19(27-2)17(13-15)22-21(24)18(14-16-7-4-3-5-8-16)23-29(25,26)20-9-6-12-28-20/h3-13,18,23H,14H2,1-2H3,(H,22,24)/t18-/m0/s1. The fourth-order valence-electron chi connectivity index (χ4n) is 2.84. The molecule has 152 valence electrons. The molecule has 0 unspecified atom stereocenters. The number of anilines is 1. The second-order valence-corrected chi connectivity index (χ2v) is 9.38. The predicted octanol–water partition coefficient (Wildman–Crippen LogP) is 3.59. The van der Waals surface area contributed by atoms with Crippen molar-refractivity contribution in [3.05, 3.63) is 77.2 Å². The van der Waals surface area contributed by atoms with Crippen molar-refractivity contribution < 1.29 is 17.9 Å². The summed E-state index contributed by atoms with van der Waals surface area (Å²) in [7, 11) is -2.31. The number of nitrogens with one attached hydrogen (secondary N) is 2. The van der Waals surface area contributed by atoms with Crippen molar-refractivity contribution in [1.82, 2.24) is 4.72 Å². The zero-order valence-corrected chi connectivity index (χ0v) is 17.7. The summed E-state index contributed by atoms with van der Waals surface area (Å²) in [5, 5.41) is 4.48. The molecule has 0 aliphatic rings. The molecule has 0 radical (unpaired) electrons. The van der Waals surface area contributed by atoms with Gasteiger partial charge in [-0.15, -0.1) is 11.3 Å². The molecule has 2 N–H and O–H groups in total. The lowest BCUT2D eigenvalue weighted by Gasteiger charge is -2.19. The van der Waals surface area contributed by atoms with E-state index in [0.29, 0.717) is 11.4 Å². The van der Waals surface area contributed by atoms with Crippen LogP contribution in [0, 0.1) is 6.92 Å². The van der Waals surface area contributed by atoms with E-state index in [1.165, 1.54) is 13.2 Å². The van der Waals surface area contributed by atoms with Crippen LogP contribution in [0.15, 0.2) is 70.3 Å². The molecule has 29 heavy (non-hydrogen) atoms. The minimum atomic E-state index is -3.82. The van der Waals surface area contributed by atoms with E-state index in [-0.39, 0.29) is 10.6 Å². The molecule has 6 nitrogen and oxygen atoms in total. The van der Waals surface area contributed by atoms with Gasteiger partial charge < -0.3 is 10.1 Å². The second-order valence-electron chi connectivity index (χ2n) is 6.49. The van der Waals surface area contributed by atoms with E-state index in [1.54, 1.807) is 23.6 Å². The van der Waals surface area contributed by atoms with Crippen molar-refractivity contribution >= 4 is 33.0 Å². The number of ether oxygens (including phenoxy) is 1. The molecule has 1 amide bonds. The smallest absolute Gasteiger partial charge is 0.250 e. The van der Waals surface area contributed by atoms with Crippen LogP contribution in [0.1, 0.15) is 11.1 Å². The summed E-state index contributed by atoms with van der Waals surface area (Å²) in [6.45, 7) is 1.90. The molecule has 0 fully saturated rings. The molecule has 0 saturated carbocycles. The van der Waals surface area contributed by atoms with Crippen molar-refractivity contribution in [3.8, 4) is 5.75 Å². The van der Waals surface area contributed by atoms with E-state index in [2.05, 4.69) is 10.0 Å². The summed E-state index contributed by atoms with van der Waals surface area (Å²) in [4.78, 5) is 13.1. The maximum absolute atomic E-state index is 13.1. The topological polar surface area (TPSA) is 84.5 Å². The van der Waals surface area contributed by atoms with Gasteiger partial charge in [-0.05, 0) is 48.1 Å². The average Bonchev–Trinajstić information content (AvgIpc) is 3.24. The fourth-order valence-corrected chi connectivity index (χ4v) is 5.04. The molecule has 1 atom stereocenters. The van der Waals surface area contributed by atoms with Crippen LogP contribution in [0.2, 0.25) is 0 Å². The van der Waals surface area contributed by atoms with Gasteiger partial charge in [0.2, 0.25) is 5.91 Å². The predicted molar refractivity (Wildman–Crippen MR) is 115 cm³/mol. The molecule has 1 heterocycles. The number of methoxy groups -OCH3 is 1. The van der Waals surface area contributed by atoms with Gasteiger partial charge >= 0.3 is 0 Å². The SMILES string of the molecule is COc1ccc(C)cc1NC(=O)[C@H](Cc1ccccc1)NS(=O)(=O)c1cccs1. The van der Waals surface area contributed by atoms with E-state index in [1.807, 2.05) is 43.3 Å². The third kappa shape index (κ3) is 5.44. The highest BCUT2D eigenvalue weighted by molar-refractivity contribution is 7.91. The van der Waals surface area contributed by atoms with E-state index in [0.717, 1.165) is 22.5 Å². The minimum absolute atomic E-state index is 0.163. The summed E-state index contributed by atoms with van der Waals surface area (Å²) in [6.07, 6.45) is 0.214. The van der Waals surface area contributed by atoms with Crippen molar-refractivity contribution in [2.75, 3.05) is 12.4 Å². The number of carbonyl (C=O) groups excluding carboxylic acids is 1. The Labute approximate surface area is 174 Å². The van der Waals surface area contributed by atoms with Crippen molar-refractivity contribution in [1.29, 1.82) is 0 Å².